The van der Waals surface area contributed by atoms with Gasteiger partial charge in [-0.25, -0.2) is 14.3 Å². The molecule has 0 N–H and O–H groups in total. The summed E-state index contributed by atoms with van der Waals surface area (Å²) in [5, 5.41) is 17.1. The van der Waals surface area contributed by atoms with Gasteiger partial charge in [0.2, 0.25) is 0 Å². The third-order valence-corrected chi connectivity index (χ3v) is 4.00. The molecule has 4 rings (SSSR count). The first-order chi connectivity index (χ1) is 12.2. The second-order valence-electron chi connectivity index (χ2n) is 6.13. The van der Waals surface area contributed by atoms with E-state index in [0.717, 1.165) is 28.2 Å². The van der Waals surface area contributed by atoms with Gasteiger partial charge < -0.3 is 0 Å². The summed E-state index contributed by atoms with van der Waals surface area (Å²) >= 11 is 0. The zero-order chi connectivity index (χ0) is 17.2. The van der Waals surface area contributed by atoms with Crippen molar-refractivity contribution in [3.63, 3.8) is 0 Å². The molecule has 8 nitrogen and oxygen atoms in total. The predicted octanol–water partition coefficient (Wildman–Crippen LogP) is 2.17. The van der Waals surface area contributed by atoms with Crippen LogP contribution in [0.5, 0.6) is 0 Å². The smallest absolute Gasteiger partial charge is 0.153 e. The quantitative estimate of drug-likeness (QED) is 0.556. The molecule has 3 aromatic heterocycles. The Morgan fingerprint density at radius 3 is 2.80 bits per heavy atom. The van der Waals surface area contributed by atoms with E-state index in [9.17, 15) is 0 Å². The Hall–Kier alpha value is -3.16. The highest BCUT2D eigenvalue weighted by Crippen LogP contribution is 2.22. The van der Waals surface area contributed by atoms with E-state index in [1.165, 1.54) is 0 Å². The van der Waals surface area contributed by atoms with Gasteiger partial charge in [0.15, 0.2) is 5.82 Å². The van der Waals surface area contributed by atoms with Gasteiger partial charge in [0.05, 0.1) is 17.7 Å². The third-order valence-electron chi connectivity index (χ3n) is 4.00. The van der Waals surface area contributed by atoms with E-state index in [1.807, 2.05) is 35.0 Å². The average molecular weight is 334 g/mol. The van der Waals surface area contributed by atoms with Crippen LogP contribution in [0, 0.1) is 0 Å². The second kappa shape index (κ2) is 6.39. The lowest BCUT2D eigenvalue weighted by Crippen LogP contribution is -2.09. The predicted molar refractivity (Wildman–Crippen MR) is 92.3 cm³/mol. The van der Waals surface area contributed by atoms with Gasteiger partial charge in [-0.3, -0.25) is 4.98 Å². The van der Waals surface area contributed by atoms with Gasteiger partial charge >= 0.3 is 0 Å². The molecule has 0 atom stereocenters. The van der Waals surface area contributed by atoms with E-state index in [-0.39, 0.29) is 5.92 Å². The van der Waals surface area contributed by atoms with Gasteiger partial charge in [-0.1, -0.05) is 32.0 Å². The molecule has 4 aromatic rings. The van der Waals surface area contributed by atoms with Crippen LogP contribution >= 0.6 is 0 Å². The lowest BCUT2D eigenvalue weighted by molar-refractivity contribution is 0.570. The fraction of sp³-hybridized carbons (Fsp3) is 0.294. The summed E-state index contributed by atoms with van der Waals surface area (Å²) in [7, 11) is 0. The molecule has 0 radical (unpaired) electrons. The number of fused-ring (bicyclic) bond motifs is 1. The molecule has 0 aliphatic heterocycles. The fourth-order valence-electron chi connectivity index (χ4n) is 2.72. The van der Waals surface area contributed by atoms with Crippen molar-refractivity contribution in [2.45, 2.75) is 32.7 Å². The maximum absolute atomic E-state index is 4.73. The summed E-state index contributed by atoms with van der Waals surface area (Å²) in [5.74, 6) is 1.94. The highest BCUT2D eigenvalue weighted by Gasteiger charge is 2.16. The molecule has 8 heteroatoms. The van der Waals surface area contributed by atoms with E-state index in [4.69, 9.17) is 10.1 Å². The van der Waals surface area contributed by atoms with Crippen LogP contribution in [0.2, 0.25) is 0 Å². The summed E-state index contributed by atoms with van der Waals surface area (Å²) in [5.41, 5.74) is 1.85. The van der Waals surface area contributed by atoms with Crippen LogP contribution in [-0.4, -0.2) is 40.0 Å². The standard InChI is InChI=1S/C17H18N8/c1-12(2)17-20-15(8-10-24-11-19-22-23-24)25(21-17)14-7-3-5-13-6-4-9-18-16(13)14/h3-7,9,11-12H,8,10H2,1-2H3. The first-order valence-electron chi connectivity index (χ1n) is 8.23. The van der Waals surface area contributed by atoms with Crippen LogP contribution in [0.3, 0.4) is 0 Å². The van der Waals surface area contributed by atoms with Gasteiger partial charge in [-0.05, 0) is 22.6 Å². The zero-order valence-corrected chi connectivity index (χ0v) is 14.1. The summed E-state index contributed by atoms with van der Waals surface area (Å²) < 4.78 is 3.59. The van der Waals surface area contributed by atoms with E-state index in [1.54, 1.807) is 17.2 Å². The zero-order valence-electron chi connectivity index (χ0n) is 14.1. The molecule has 0 unspecified atom stereocenters. The number of nitrogens with zero attached hydrogens (tertiary/aromatic N) is 8. The molecule has 0 saturated heterocycles. The highest BCUT2D eigenvalue weighted by molar-refractivity contribution is 5.86. The number of pyridine rings is 1. The number of aryl methyl sites for hydroxylation is 2. The first-order valence-corrected chi connectivity index (χ1v) is 8.23. The van der Waals surface area contributed by atoms with E-state index in [2.05, 4.69) is 34.4 Å². The van der Waals surface area contributed by atoms with E-state index in [0.29, 0.717) is 13.0 Å². The summed E-state index contributed by atoms with van der Waals surface area (Å²) in [4.78, 5) is 9.27. The Morgan fingerprint density at radius 2 is 2.00 bits per heavy atom. The molecular formula is C17H18N8. The Labute approximate surface area is 144 Å². The van der Waals surface area contributed by atoms with E-state index >= 15 is 0 Å². The van der Waals surface area contributed by atoms with Crippen molar-refractivity contribution in [3.8, 4) is 5.69 Å². The monoisotopic (exact) mass is 334 g/mol. The van der Waals surface area contributed by atoms with Crippen LogP contribution in [0.1, 0.15) is 31.4 Å². The first kappa shape index (κ1) is 15.4. The summed E-state index contributed by atoms with van der Waals surface area (Å²) in [6, 6.07) is 10.1. The van der Waals surface area contributed by atoms with Gasteiger partial charge in [-0.15, -0.1) is 5.10 Å². The molecular weight excluding hydrogens is 316 g/mol. The molecule has 0 aliphatic carbocycles. The Balaban J connectivity index is 1.79. The van der Waals surface area contributed by atoms with Crippen LogP contribution < -0.4 is 0 Å². The lowest BCUT2D eigenvalue weighted by Gasteiger charge is -2.08. The van der Waals surface area contributed by atoms with Gasteiger partial charge in [0.1, 0.15) is 12.2 Å². The Morgan fingerprint density at radius 1 is 1.12 bits per heavy atom. The minimum atomic E-state index is 0.246. The van der Waals surface area contributed by atoms with Crippen molar-refractivity contribution in [3.05, 3.63) is 54.5 Å². The number of hydrogen-bond acceptors (Lipinski definition) is 6. The van der Waals surface area contributed by atoms with Crippen molar-refractivity contribution >= 4 is 10.9 Å². The fourth-order valence-corrected chi connectivity index (χ4v) is 2.72. The second-order valence-corrected chi connectivity index (χ2v) is 6.13. The van der Waals surface area contributed by atoms with Crippen LogP contribution in [-0.2, 0) is 13.0 Å². The lowest BCUT2D eigenvalue weighted by atomic mass is 10.2. The highest BCUT2D eigenvalue weighted by atomic mass is 15.5. The maximum Gasteiger partial charge on any atom is 0.153 e. The number of aromatic nitrogens is 8. The maximum atomic E-state index is 4.73. The van der Waals surface area contributed by atoms with Crippen molar-refractivity contribution in [2.24, 2.45) is 0 Å². The molecule has 0 bridgehead atoms. The number of tetrazole rings is 1. The number of rotatable bonds is 5. The number of hydrogen-bond donors (Lipinski definition) is 0. The topological polar surface area (TPSA) is 87.2 Å². The Kier molecular flexibility index (Phi) is 3.93. The molecule has 0 spiro atoms. The molecule has 0 saturated carbocycles. The van der Waals surface area contributed by atoms with Crippen LogP contribution in [0.4, 0.5) is 0 Å². The van der Waals surface area contributed by atoms with Crippen molar-refractivity contribution in [1.29, 1.82) is 0 Å². The molecule has 25 heavy (non-hydrogen) atoms. The molecule has 126 valence electrons. The minimum Gasteiger partial charge on any atom is -0.254 e. The molecule has 1 aromatic carbocycles. The summed E-state index contributed by atoms with van der Waals surface area (Å²) in [6.45, 7) is 4.82. The van der Waals surface area contributed by atoms with Gasteiger partial charge in [0, 0.05) is 23.9 Å². The van der Waals surface area contributed by atoms with Gasteiger partial charge in [0.25, 0.3) is 0 Å². The molecule has 0 amide bonds. The Bertz CT molecular complexity index is 982. The summed E-state index contributed by atoms with van der Waals surface area (Å²) in [6.07, 6.45) is 4.07. The van der Waals surface area contributed by atoms with Crippen LogP contribution in [0.15, 0.2) is 42.9 Å². The number of para-hydroxylation sites is 1. The molecule has 3 heterocycles. The largest absolute Gasteiger partial charge is 0.254 e. The average Bonchev–Trinajstić information content (AvgIpc) is 3.29. The van der Waals surface area contributed by atoms with Crippen LogP contribution in [0.25, 0.3) is 16.6 Å². The van der Waals surface area contributed by atoms with Gasteiger partial charge in [-0.2, -0.15) is 5.10 Å². The SMILES string of the molecule is CC(C)c1nc(CCn2cnnn2)n(-c2cccc3cccnc23)n1. The van der Waals surface area contributed by atoms with Crippen molar-refractivity contribution in [2.75, 3.05) is 0 Å². The number of benzene rings is 1. The van der Waals surface area contributed by atoms with E-state index < -0.39 is 0 Å². The minimum absolute atomic E-state index is 0.246. The molecule has 0 aliphatic rings. The van der Waals surface area contributed by atoms with Crippen molar-refractivity contribution in [1.82, 2.24) is 40.0 Å². The third kappa shape index (κ3) is 2.98. The normalized spacial score (nSPS) is 11.5. The van der Waals surface area contributed by atoms with Crippen molar-refractivity contribution < 1.29 is 0 Å². The molecule has 0 fully saturated rings.